The minimum absolute atomic E-state index is 0.0980. The summed E-state index contributed by atoms with van der Waals surface area (Å²) in [6, 6.07) is 4.75. The van der Waals surface area contributed by atoms with E-state index in [1.54, 1.807) is 35.4 Å². The van der Waals surface area contributed by atoms with Crippen LogP contribution in [0.2, 0.25) is 10.0 Å². The predicted molar refractivity (Wildman–Crippen MR) is 88.7 cm³/mol. The molecule has 0 radical (unpaired) electrons. The SMILES string of the molecule is CC(C)[C@@H](Cn1nccn1)NC(=O)COc1ccc(Cl)cc1Cl. The van der Waals surface area contributed by atoms with Crippen LogP contribution in [-0.4, -0.2) is 33.5 Å². The first-order valence-electron chi connectivity index (χ1n) is 7.17. The van der Waals surface area contributed by atoms with Crippen LogP contribution in [0, 0.1) is 5.92 Å². The molecule has 0 bridgehead atoms. The number of benzene rings is 1. The third-order valence-corrected chi connectivity index (χ3v) is 3.76. The number of carbonyl (C=O) groups excluding carboxylic acids is 1. The van der Waals surface area contributed by atoms with Gasteiger partial charge >= 0.3 is 0 Å². The molecule has 0 aliphatic heterocycles. The smallest absolute Gasteiger partial charge is 0.258 e. The Hall–Kier alpha value is -1.79. The minimum atomic E-state index is -0.234. The average Bonchev–Trinajstić information content (AvgIpc) is 2.98. The number of amides is 1. The molecular formula is C15H18Cl2N4O2. The first-order valence-corrected chi connectivity index (χ1v) is 7.92. The molecule has 23 heavy (non-hydrogen) atoms. The first-order chi connectivity index (χ1) is 11.0. The van der Waals surface area contributed by atoms with Crippen LogP contribution < -0.4 is 10.1 Å². The van der Waals surface area contributed by atoms with Crippen molar-refractivity contribution in [3.63, 3.8) is 0 Å². The van der Waals surface area contributed by atoms with Crippen molar-refractivity contribution in [2.45, 2.75) is 26.4 Å². The molecule has 1 N–H and O–H groups in total. The van der Waals surface area contributed by atoms with E-state index in [4.69, 9.17) is 27.9 Å². The summed E-state index contributed by atoms with van der Waals surface area (Å²) < 4.78 is 5.43. The van der Waals surface area contributed by atoms with Crippen LogP contribution in [0.5, 0.6) is 5.75 Å². The van der Waals surface area contributed by atoms with Gasteiger partial charge in [0.1, 0.15) is 5.75 Å². The molecule has 0 aliphatic rings. The van der Waals surface area contributed by atoms with E-state index in [1.807, 2.05) is 13.8 Å². The molecule has 2 rings (SSSR count). The molecule has 0 aliphatic carbocycles. The van der Waals surface area contributed by atoms with E-state index in [0.717, 1.165) is 0 Å². The van der Waals surface area contributed by atoms with Crippen molar-refractivity contribution in [1.29, 1.82) is 0 Å². The quantitative estimate of drug-likeness (QED) is 0.827. The highest BCUT2D eigenvalue weighted by Gasteiger charge is 2.18. The van der Waals surface area contributed by atoms with E-state index in [-0.39, 0.29) is 24.5 Å². The normalized spacial score (nSPS) is 12.2. The Bertz CT molecular complexity index is 647. The van der Waals surface area contributed by atoms with Crippen molar-refractivity contribution >= 4 is 29.1 Å². The first kappa shape index (κ1) is 17.6. The Morgan fingerprint density at radius 3 is 2.61 bits per heavy atom. The summed E-state index contributed by atoms with van der Waals surface area (Å²) >= 11 is 11.8. The van der Waals surface area contributed by atoms with Gasteiger partial charge in [0.15, 0.2) is 6.61 Å². The second-order valence-corrected chi connectivity index (χ2v) is 6.21. The van der Waals surface area contributed by atoms with Crippen LogP contribution in [0.4, 0.5) is 0 Å². The monoisotopic (exact) mass is 356 g/mol. The maximum absolute atomic E-state index is 12.1. The number of hydrogen-bond acceptors (Lipinski definition) is 4. The molecule has 2 aromatic rings. The van der Waals surface area contributed by atoms with Crippen LogP contribution >= 0.6 is 23.2 Å². The zero-order valence-corrected chi connectivity index (χ0v) is 14.4. The molecule has 1 amide bonds. The summed E-state index contributed by atoms with van der Waals surface area (Å²) in [6.45, 7) is 4.41. The van der Waals surface area contributed by atoms with Crippen molar-refractivity contribution in [3.05, 3.63) is 40.6 Å². The van der Waals surface area contributed by atoms with Crippen LogP contribution in [0.1, 0.15) is 13.8 Å². The van der Waals surface area contributed by atoms with Gasteiger partial charge in [-0.2, -0.15) is 15.0 Å². The number of nitrogens with zero attached hydrogens (tertiary/aromatic N) is 3. The number of carbonyl (C=O) groups is 1. The van der Waals surface area contributed by atoms with Gasteiger partial charge in [-0.1, -0.05) is 37.0 Å². The summed E-state index contributed by atoms with van der Waals surface area (Å²) in [6.07, 6.45) is 3.20. The number of aromatic nitrogens is 3. The lowest BCUT2D eigenvalue weighted by molar-refractivity contribution is -0.124. The number of rotatable bonds is 7. The number of ether oxygens (including phenoxy) is 1. The van der Waals surface area contributed by atoms with Crippen LogP contribution in [0.3, 0.4) is 0 Å². The molecule has 0 fully saturated rings. The van der Waals surface area contributed by atoms with Crippen molar-refractivity contribution in [2.75, 3.05) is 6.61 Å². The molecule has 6 nitrogen and oxygen atoms in total. The third kappa shape index (κ3) is 5.41. The Morgan fingerprint density at radius 1 is 1.30 bits per heavy atom. The maximum Gasteiger partial charge on any atom is 0.258 e. The molecule has 0 unspecified atom stereocenters. The highest BCUT2D eigenvalue weighted by molar-refractivity contribution is 6.35. The van der Waals surface area contributed by atoms with E-state index >= 15 is 0 Å². The molecule has 0 spiro atoms. The fourth-order valence-corrected chi connectivity index (χ4v) is 2.38. The molecule has 1 atom stereocenters. The maximum atomic E-state index is 12.1. The lowest BCUT2D eigenvalue weighted by Gasteiger charge is -2.22. The number of halogens is 2. The molecule has 0 saturated heterocycles. The van der Waals surface area contributed by atoms with Gasteiger partial charge < -0.3 is 10.1 Å². The van der Waals surface area contributed by atoms with E-state index in [2.05, 4.69) is 15.5 Å². The van der Waals surface area contributed by atoms with E-state index < -0.39 is 0 Å². The van der Waals surface area contributed by atoms with Gasteiger partial charge in [-0.05, 0) is 24.1 Å². The molecule has 8 heteroatoms. The topological polar surface area (TPSA) is 69.0 Å². The van der Waals surface area contributed by atoms with Crippen LogP contribution in [0.15, 0.2) is 30.6 Å². The Balaban J connectivity index is 1.89. The zero-order valence-electron chi connectivity index (χ0n) is 12.9. The highest BCUT2D eigenvalue weighted by Crippen LogP contribution is 2.27. The third-order valence-electron chi connectivity index (χ3n) is 3.23. The minimum Gasteiger partial charge on any atom is -0.482 e. The van der Waals surface area contributed by atoms with Gasteiger partial charge in [0, 0.05) is 5.02 Å². The van der Waals surface area contributed by atoms with Gasteiger partial charge in [-0.25, -0.2) is 0 Å². The fourth-order valence-electron chi connectivity index (χ4n) is 1.92. The van der Waals surface area contributed by atoms with Gasteiger partial charge in [0.2, 0.25) is 0 Å². The van der Waals surface area contributed by atoms with Gasteiger partial charge in [-0.15, -0.1) is 0 Å². The standard InChI is InChI=1S/C15H18Cl2N4O2/c1-10(2)13(8-21-18-5-6-19-21)20-15(22)9-23-14-4-3-11(16)7-12(14)17/h3-7,10,13H,8-9H2,1-2H3,(H,20,22)/t13-/m1/s1. The van der Waals surface area contributed by atoms with Gasteiger partial charge in [0.25, 0.3) is 5.91 Å². The summed E-state index contributed by atoms with van der Waals surface area (Å²) in [5.74, 6) is 0.409. The largest absolute Gasteiger partial charge is 0.482 e. The van der Waals surface area contributed by atoms with Crippen LogP contribution in [-0.2, 0) is 11.3 Å². The fraction of sp³-hybridized carbons (Fsp3) is 0.400. The van der Waals surface area contributed by atoms with Crippen LogP contribution in [0.25, 0.3) is 0 Å². The molecule has 1 heterocycles. The number of nitrogens with one attached hydrogen (secondary N) is 1. The second kappa shape index (κ2) is 8.17. The van der Waals surface area contributed by atoms with E-state index in [0.29, 0.717) is 22.3 Å². The van der Waals surface area contributed by atoms with Crippen molar-refractivity contribution in [2.24, 2.45) is 5.92 Å². The summed E-state index contributed by atoms with van der Waals surface area (Å²) in [5.41, 5.74) is 0. The van der Waals surface area contributed by atoms with Crippen molar-refractivity contribution in [3.8, 4) is 5.75 Å². The lowest BCUT2D eigenvalue weighted by atomic mass is 10.0. The molecular weight excluding hydrogens is 339 g/mol. The molecule has 1 aromatic carbocycles. The summed E-state index contributed by atoms with van der Waals surface area (Å²) in [7, 11) is 0. The van der Waals surface area contributed by atoms with Gasteiger partial charge in [-0.3, -0.25) is 4.79 Å². The lowest BCUT2D eigenvalue weighted by Crippen LogP contribution is -2.44. The Labute approximate surface area is 144 Å². The zero-order chi connectivity index (χ0) is 16.8. The second-order valence-electron chi connectivity index (χ2n) is 5.37. The Morgan fingerprint density at radius 2 is 2.00 bits per heavy atom. The average molecular weight is 357 g/mol. The van der Waals surface area contributed by atoms with E-state index in [9.17, 15) is 4.79 Å². The predicted octanol–water partition coefficient (Wildman–Crippen LogP) is 2.80. The molecule has 0 saturated carbocycles. The van der Waals surface area contributed by atoms with Gasteiger partial charge in [0.05, 0.1) is 30.0 Å². The molecule has 1 aromatic heterocycles. The van der Waals surface area contributed by atoms with Crippen molar-refractivity contribution in [1.82, 2.24) is 20.3 Å². The molecule has 124 valence electrons. The van der Waals surface area contributed by atoms with Crippen molar-refractivity contribution < 1.29 is 9.53 Å². The summed E-state index contributed by atoms with van der Waals surface area (Å²) in [4.78, 5) is 13.6. The number of hydrogen-bond donors (Lipinski definition) is 1. The van der Waals surface area contributed by atoms with E-state index in [1.165, 1.54) is 0 Å². The highest BCUT2D eigenvalue weighted by atomic mass is 35.5. The summed E-state index contributed by atoms with van der Waals surface area (Å²) in [5, 5.41) is 11.9. The Kier molecular flexibility index (Phi) is 6.24.